The molecule has 0 saturated heterocycles. The standard InChI is InChI=1S/C16H22N2O6/c19-7-12(14(22)15(23)13(21)8-20)17-18-16(24)11-6-10(11)9-4-2-1-3-5-9/h1-5,7,10-15,17,20-23H,6,8H2,(H,18,24)/t10?,11?,12-,13+,14+,15+/m0/s1. The smallest absolute Gasteiger partial charge is 0.237 e. The Morgan fingerprint density at radius 2 is 1.88 bits per heavy atom. The van der Waals surface area contributed by atoms with Gasteiger partial charge in [-0.3, -0.25) is 10.2 Å². The fraction of sp³-hybridized carbons (Fsp3) is 0.500. The summed E-state index contributed by atoms with van der Waals surface area (Å²) in [5.74, 6) is -0.424. The Bertz CT molecular complexity index is 555. The molecular formula is C16H22N2O6. The number of nitrogens with one attached hydrogen (secondary N) is 2. The van der Waals surface area contributed by atoms with Crippen molar-refractivity contribution in [3.63, 3.8) is 0 Å². The number of hydrogen-bond acceptors (Lipinski definition) is 7. The molecule has 1 aromatic carbocycles. The largest absolute Gasteiger partial charge is 0.394 e. The molecule has 0 aliphatic heterocycles. The first-order valence-corrected chi connectivity index (χ1v) is 7.70. The van der Waals surface area contributed by atoms with E-state index in [2.05, 4.69) is 10.9 Å². The molecule has 0 heterocycles. The van der Waals surface area contributed by atoms with Crippen LogP contribution in [0.1, 0.15) is 17.9 Å². The molecule has 0 radical (unpaired) electrons. The molecule has 1 aromatic rings. The van der Waals surface area contributed by atoms with Crippen molar-refractivity contribution in [1.29, 1.82) is 0 Å². The van der Waals surface area contributed by atoms with Gasteiger partial charge in [0.05, 0.1) is 6.61 Å². The number of aliphatic hydroxyl groups is 4. The van der Waals surface area contributed by atoms with Gasteiger partial charge in [-0.2, -0.15) is 0 Å². The van der Waals surface area contributed by atoms with Crippen LogP contribution in [0.3, 0.4) is 0 Å². The predicted octanol–water partition coefficient (Wildman–Crippen LogP) is -1.95. The monoisotopic (exact) mass is 338 g/mol. The lowest BCUT2D eigenvalue weighted by Crippen LogP contribution is -2.56. The summed E-state index contributed by atoms with van der Waals surface area (Å²) in [6.45, 7) is -0.767. The average Bonchev–Trinajstić information content (AvgIpc) is 3.42. The maximum atomic E-state index is 12.1. The van der Waals surface area contributed by atoms with Crippen LogP contribution in [-0.2, 0) is 9.59 Å². The van der Waals surface area contributed by atoms with Crippen molar-refractivity contribution in [2.75, 3.05) is 6.61 Å². The normalized spacial score (nSPS) is 24.5. The molecule has 6 N–H and O–H groups in total. The minimum absolute atomic E-state index is 0.120. The van der Waals surface area contributed by atoms with Gasteiger partial charge in [-0.1, -0.05) is 30.3 Å². The van der Waals surface area contributed by atoms with Gasteiger partial charge in [-0.15, -0.1) is 0 Å². The van der Waals surface area contributed by atoms with Gasteiger partial charge < -0.3 is 25.2 Å². The zero-order valence-electron chi connectivity index (χ0n) is 12.9. The summed E-state index contributed by atoms with van der Waals surface area (Å²) in [6, 6.07) is 8.25. The van der Waals surface area contributed by atoms with Crippen molar-refractivity contribution in [3.05, 3.63) is 35.9 Å². The molecule has 1 saturated carbocycles. The molecule has 0 spiro atoms. The maximum absolute atomic E-state index is 12.1. The maximum Gasteiger partial charge on any atom is 0.237 e. The second-order valence-corrected chi connectivity index (χ2v) is 5.89. The molecule has 1 amide bonds. The lowest BCUT2D eigenvalue weighted by Gasteiger charge is -2.26. The SMILES string of the molecule is O=C[C@H](NNC(=O)C1CC1c1ccccc1)[C@@H](O)[C@H](O)[C@H](O)CO. The average molecular weight is 338 g/mol. The lowest BCUT2D eigenvalue weighted by molar-refractivity contribution is -0.127. The van der Waals surface area contributed by atoms with Crippen LogP contribution in [0, 0.1) is 5.92 Å². The molecule has 8 heteroatoms. The molecule has 6 atom stereocenters. The van der Waals surface area contributed by atoms with Gasteiger partial charge in [0.2, 0.25) is 5.91 Å². The van der Waals surface area contributed by atoms with E-state index in [9.17, 15) is 24.9 Å². The Kier molecular flexibility index (Phi) is 6.41. The van der Waals surface area contributed by atoms with Gasteiger partial charge in [0.1, 0.15) is 30.6 Å². The fourth-order valence-corrected chi connectivity index (χ4v) is 2.55. The molecule has 1 aliphatic rings. The quantitative estimate of drug-likeness (QED) is 0.227. The van der Waals surface area contributed by atoms with E-state index in [1.165, 1.54) is 0 Å². The zero-order chi connectivity index (χ0) is 17.7. The molecule has 2 rings (SSSR count). The van der Waals surface area contributed by atoms with Gasteiger partial charge in [-0.05, 0) is 17.9 Å². The number of carbonyl (C=O) groups is 2. The van der Waals surface area contributed by atoms with E-state index in [-0.39, 0.29) is 17.7 Å². The van der Waals surface area contributed by atoms with Gasteiger partial charge in [0, 0.05) is 5.92 Å². The highest BCUT2D eigenvalue weighted by Gasteiger charge is 2.44. The third-order valence-corrected chi connectivity index (χ3v) is 4.16. The highest BCUT2D eigenvalue weighted by molar-refractivity contribution is 5.82. The molecule has 1 aliphatic carbocycles. The zero-order valence-corrected chi connectivity index (χ0v) is 12.9. The molecule has 132 valence electrons. The van der Waals surface area contributed by atoms with E-state index in [0.29, 0.717) is 12.7 Å². The summed E-state index contributed by atoms with van der Waals surface area (Å²) in [6.07, 6.45) is -4.01. The van der Waals surface area contributed by atoms with E-state index in [1.54, 1.807) is 0 Å². The molecule has 2 unspecified atom stereocenters. The summed E-state index contributed by atoms with van der Waals surface area (Å²) >= 11 is 0. The Labute approximate surface area is 139 Å². The van der Waals surface area contributed by atoms with Crippen LogP contribution in [0.4, 0.5) is 0 Å². The first-order valence-electron chi connectivity index (χ1n) is 7.70. The first-order chi connectivity index (χ1) is 11.5. The Morgan fingerprint density at radius 1 is 1.21 bits per heavy atom. The van der Waals surface area contributed by atoms with Gasteiger partial charge in [0.15, 0.2) is 0 Å². The van der Waals surface area contributed by atoms with Gasteiger partial charge in [-0.25, -0.2) is 5.43 Å². The van der Waals surface area contributed by atoms with E-state index >= 15 is 0 Å². The van der Waals surface area contributed by atoms with E-state index < -0.39 is 31.0 Å². The number of amides is 1. The molecule has 24 heavy (non-hydrogen) atoms. The van der Waals surface area contributed by atoms with E-state index in [1.807, 2.05) is 30.3 Å². The van der Waals surface area contributed by atoms with Crippen molar-refractivity contribution in [2.24, 2.45) is 5.92 Å². The Balaban J connectivity index is 1.83. The van der Waals surface area contributed by atoms with E-state index in [0.717, 1.165) is 5.56 Å². The lowest BCUT2D eigenvalue weighted by atomic mass is 10.0. The number of aliphatic hydroxyl groups excluding tert-OH is 4. The molecular weight excluding hydrogens is 316 g/mol. The minimum atomic E-state index is -1.73. The Hall–Kier alpha value is -1.84. The Morgan fingerprint density at radius 3 is 2.46 bits per heavy atom. The van der Waals surface area contributed by atoms with Crippen molar-refractivity contribution < 1.29 is 30.0 Å². The molecule has 0 bridgehead atoms. The number of benzene rings is 1. The van der Waals surface area contributed by atoms with Gasteiger partial charge in [0.25, 0.3) is 0 Å². The van der Waals surface area contributed by atoms with E-state index in [4.69, 9.17) is 5.11 Å². The summed E-state index contributed by atoms with van der Waals surface area (Å²) in [4.78, 5) is 23.1. The highest BCUT2D eigenvalue weighted by atomic mass is 16.4. The van der Waals surface area contributed by atoms with Crippen molar-refractivity contribution in [3.8, 4) is 0 Å². The summed E-state index contributed by atoms with van der Waals surface area (Å²) < 4.78 is 0. The summed E-state index contributed by atoms with van der Waals surface area (Å²) in [7, 11) is 0. The second-order valence-electron chi connectivity index (χ2n) is 5.89. The molecule has 1 fully saturated rings. The third kappa shape index (κ3) is 4.37. The van der Waals surface area contributed by atoms with Crippen LogP contribution in [0.2, 0.25) is 0 Å². The minimum Gasteiger partial charge on any atom is -0.394 e. The summed E-state index contributed by atoms with van der Waals surface area (Å²) in [5, 5.41) is 37.4. The third-order valence-electron chi connectivity index (χ3n) is 4.16. The van der Waals surface area contributed by atoms with Crippen molar-refractivity contribution in [1.82, 2.24) is 10.9 Å². The number of rotatable bonds is 9. The van der Waals surface area contributed by atoms with Crippen LogP contribution < -0.4 is 10.9 Å². The summed E-state index contributed by atoms with van der Waals surface area (Å²) in [5.41, 5.74) is 5.77. The fourth-order valence-electron chi connectivity index (χ4n) is 2.55. The predicted molar refractivity (Wildman–Crippen MR) is 83.5 cm³/mol. The van der Waals surface area contributed by atoms with Crippen LogP contribution >= 0.6 is 0 Å². The van der Waals surface area contributed by atoms with Crippen LogP contribution in [-0.4, -0.2) is 63.6 Å². The topological polar surface area (TPSA) is 139 Å². The number of aldehydes is 1. The van der Waals surface area contributed by atoms with Crippen LogP contribution in [0.5, 0.6) is 0 Å². The number of hydrazine groups is 1. The second kappa shape index (κ2) is 8.32. The highest BCUT2D eigenvalue weighted by Crippen LogP contribution is 2.47. The van der Waals surface area contributed by atoms with Gasteiger partial charge >= 0.3 is 0 Å². The molecule has 0 aromatic heterocycles. The first kappa shape index (κ1) is 18.5. The molecule has 8 nitrogen and oxygen atoms in total. The van der Waals surface area contributed by atoms with Crippen molar-refractivity contribution in [2.45, 2.75) is 36.7 Å². The van der Waals surface area contributed by atoms with Crippen LogP contribution in [0.15, 0.2) is 30.3 Å². The number of hydrogen-bond donors (Lipinski definition) is 6. The van der Waals surface area contributed by atoms with Crippen molar-refractivity contribution >= 4 is 12.2 Å². The van der Waals surface area contributed by atoms with Crippen LogP contribution in [0.25, 0.3) is 0 Å². The number of carbonyl (C=O) groups excluding carboxylic acids is 2.